The Bertz CT molecular complexity index is 1020. The van der Waals surface area contributed by atoms with E-state index in [1.165, 1.54) is 42.5 Å². The number of hydrogen-bond acceptors (Lipinski definition) is 6. The number of nitriles is 2. The summed E-state index contributed by atoms with van der Waals surface area (Å²) in [6.07, 6.45) is 0. The Kier molecular flexibility index (Phi) is 6.76. The van der Waals surface area contributed by atoms with Gasteiger partial charge in [0.1, 0.15) is 11.0 Å². The summed E-state index contributed by atoms with van der Waals surface area (Å²) in [5.41, 5.74) is 0.464. The minimum absolute atomic E-state index is 0.00293. The lowest BCUT2D eigenvalue weighted by Crippen LogP contribution is -1.93. The average molecular weight is 403 g/mol. The predicted molar refractivity (Wildman–Crippen MR) is 88.4 cm³/mol. The van der Waals surface area contributed by atoms with Crippen molar-refractivity contribution in [2.75, 3.05) is 0 Å². The summed E-state index contributed by atoms with van der Waals surface area (Å²) in [6, 6.07) is 14.8. The minimum Gasteiger partial charge on any atom is -0.207 e. The molecule has 0 aliphatic rings. The summed E-state index contributed by atoms with van der Waals surface area (Å²) < 4.78 is 43.1. The first kappa shape index (κ1) is 19.9. The molecule has 0 saturated heterocycles. The minimum atomic E-state index is -3.80. The number of nitrogens with zero attached hydrogens (tertiary/aromatic N) is 2. The number of hydrogen-bond donors (Lipinski definition) is 0. The van der Waals surface area contributed by atoms with Crippen molar-refractivity contribution in [1.29, 1.82) is 10.5 Å². The fraction of sp³-hybridized carbons (Fsp3) is 0. The molecule has 0 atom stereocenters. The van der Waals surface area contributed by atoms with Gasteiger partial charge in [0.05, 0.1) is 22.1 Å². The zero-order chi connectivity index (χ0) is 18.4. The molecule has 0 fully saturated rings. The highest BCUT2D eigenvalue weighted by Crippen LogP contribution is 2.18. The van der Waals surface area contributed by atoms with E-state index in [9.17, 15) is 16.8 Å². The molecule has 0 amide bonds. The van der Waals surface area contributed by atoms with Gasteiger partial charge in [-0.1, -0.05) is 12.1 Å². The molecule has 24 heavy (non-hydrogen) atoms. The van der Waals surface area contributed by atoms with Crippen LogP contribution in [0.25, 0.3) is 0 Å². The monoisotopic (exact) mass is 402 g/mol. The molecule has 2 rings (SSSR count). The van der Waals surface area contributed by atoms with Crippen LogP contribution in [0.1, 0.15) is 11.1 Å². The van der Waals surface area contributed by atoms with Crippen LogP contribution in [0.15, 0.2) is 58.3 Å². The van der Waals surface area contributed by atoms with Crippen molar-refractivity contribution in [1.82, 2.24) is 0 Å². The Labute approximate surface area is 148 Å². The molecular formula is C14H8Cl2N2O4S2. The zero-order valence-electron chi connectivity index (χ0n) is 11.7. The quantitative estimate of drug-likeness (QED) is 0.712. The third-order valence-electron chi connectivity index (χ3n) is 2.54. The molecule has 0 heterocycles. The van der Waals surface area contributed by atoms with E-state index in [-0.39, 0.29) is 15.4 Å². The summed E-state index contributed by atoms with van der Waals surface area (Å²) in [4.78, 5) is -0.141. The first-order valence-corrected chi connectivity index (χ1v) is 10.6. The predicted octanol–water partition coefficient (Wildman–Crippen LogP) is 2.97. The van der Waals surface area contributed by atoms with Crippen molar-refractivity contribution in [2.24, 2.45) is 0 Å². The van der Waals surface area contributed by atoms with Crippen LogP contribution in [0.4, 0.5) is 0 Å². The van der Waals surface area contributed by atoms with Crippen molar-refractivity contribution in [3.05, 3.63) is 59.7 Å². The highest BCUT2D eigenvalue weighted by Gasteiger charge is 2.13. The van der Waals surface area contributed by atoms with Crippen LogP contribution < -0.4 is 0 Å². The fourth-order valence-corrected chi connectivity index (χ4v) is 3.25. The van der Waals surface area contributed by atoms with Gasteiger partial charge in [0.15, 0.2) is 0 Å². The molecule has 0 radical (unpaired) electrons. The van der Waals surface area contributed by atoms with E-state index >= 15 is 0 Å². The molecule has 0 spiro atoms. The van der Waals surface area contributed by atoms with Gasteiger partial charge in [-0.05, 0) is 36.4 Å². The van der Waals surface area contributed by atoms with Crippen LogP contribution in [0, 0.1) is 22.7 Å². The smallest absolute Gasteiger partial charge is 0.207 e. The molecule has 6 nitrogen and oxygen atoms in total. The van der Waals surface area contributed by atoms with E-state index in [4.69, 9.17) is 31.9 Å². The van der Waals surface area contributed by atoms with E-state index in [0.717, 1.165) is 0 Å². The van der Waals surface area contributed by atoms with Crippen LogP contribution >= 0.6 is 21.4 Å². The van der Waals surface area contributed by atoms with Gasteiger partial charge in [0.2, 0.25) is 0 Å². The second-order valence-electron chi connectivity index (χ2n) is 4.12. The zero-order valence-corrected chi connectivity index (χ0v) is 14.9. The summed E-state index contributed by atoms with van der Waals surface area (Å²) in [5.74, 6) is 0. The maximum Gasteiger partial charge on any atom is 0.262 e. The van der Waals surface area contributed by atoms with E-state index in [1.54, 1.807) is 12.1 Å². The van der Waals surface area contributed by atoms with E-state index < -0.39 is 18.1 Å². The summed E-state index contributed by atoms with van der Waals surface area (Å²) in [7, 11) is 2.65. The van der Waals surface area contributed by atoms with Crippen LogP contribution in [0.3, 0.4) is 0 Å². The Hall–Kier alpha value is -2.10. The van der Waals surface area contributed by atoms with Gasteiger partial charge in [0.25, 0.3) is 18.1 Å². The second kappa shape index (κ2) is 8.13. The van der Waals surface area contributed by atoms with Gasteiger partial charge < -0.3 is 0 Å². The Morgan fingerprint density at radius 3 is 1.67 bits per heavy atom. The molecule has 2 aromatic rings. The Morgan fingerprint density at radius 1 is 0.750 bits per heavy atom. The highest BCUT2D eigenvalue weighted by molar-refractivity contribution is 8.14. The number of benzene rings is 2. The van der Waals surface area contributed by atoms with Gasteiger partial charge in [-0.2, -0.15) is 10.5 Å². The summed E-state index contributed by atoms with van der Waals surface area (Å²) in [6.45, 7) is 0. The number of rotatable bonds is 2. The van der Waals surface area contributed by atoms with Gasteiger partial charge in [0, 0.05) is 21.4 Å². The number of halogens is 2. The lowest BCUT2D eigenvalue weighted by atomic mass is 10.2. The van der Waals surface area contributed by atoms with E-state index in [2.05, 4.69) is 0 Å². The largest absolute Gasteiger partial charge is 0.262 e. The van der Waals surface area contributed by atoms with E-state index in [0.29, 0.717) is 5.56 Å². The second-order valence-corrected chi connectivity index (χ2v) is 9.22. The molecular weight excluding hydrogens is 395 g/mol. The molecule has 0 bridgehead atoms. The van der Waals surface area contributed by atoms with Crippen molar-refractivity contribution >= 4 is 39.5 Å². The Balaban J connectivity index is 0.000000240. The molecule has 0 aliphatic carbocycles. The SMILES string of the molecule is N#Cc1ccc(S(=O)(=O)Cl)cc1.N#Cc1ccccc1S(=O)(=O)Cl. The first-order valence-electron chi connectivity index (χ1n) is 5.98. The summed E-state index contributed by atoms with van der Waals surface area (Å²) >= 11 is 0. The molecule has 0 N–H and O–H groups in total. The molecule has 0 unspecified atom stereocenters. The van der Waals surface area contributed by atoms with Crippen molar-refractivity contribution in [2.45, 2.75) is 9.79 Å². The molecule has 124 valence electrons. The molecule has 0 saturated carbocycles. The first-order chi connectivity index (χ1) is 11.1. The normalized spacial score (nSPS) is 10.7. The van der Waals surface area contributed by atoms with Crippen molar-refractivity contribution in [3.8, 4) is 12.1 Å². The third-order valence-corrected chi connectivity index (χ3v) is 5.28. The van der Waals surface area contributed by atoms with Crippen LogP contribution in [0.2, 0.25) is 0 Å². The molecule has 10 heteroatoms. The van der Waals surface area contributed by atoms with E-state index in [1.807, 2.05) is 6.07 Å². The Morgan fingerprint density at radius 2 is 1.29 bits per heavy atom. The topological polar surface area (TPSA) is 116 Å². The third kappa shape index (κ3) is 5.84. The van der Waals surface area contributed by atoms with Gasteiger partial charge >= 0.3 is 0 Å². The maximum absolute atomic E-state index is 10.8. The molecule has 2 aromatic carbocycles. The maximum atomic E-state index is 10.8. The van der Waals surface area contributed by atoms with Gasteiger partial charge in [-0.3, -0.25) is 0 Å². The lowest BCUT2D eigenvalue weighted by Gasteiger charge is -1.96. The van der Waals surface area contributed by atoms with Crippen molar-refractivity contribution < 1.29 is 16.8 Å². The van der Waals surface area contributed by atoms with Gasteiger partial charge in [-0.15, -0.1) is 0 Å². The van der Waals surface area contributed by atoms with Crippen LogP contribution in [0.5, 0.6) is 0 Å². The lowest BCUT2D eigenvalue weighted by molar-refractivity contribution is 0.608. The van der Waals surface area contributed by atoms with Gasteiger partial charge in [-0.25, -0.2) is 16.8 Å². The van der Waals surface area contributed by atoms with Crippen molar-refractivity contribution in [3.63, 3.8) is 0 Å². The summed E-state index contributed by atoms with van der Waals surface area (Å²) in [5, 5.41) is 16.9. The molecule has 0 aliphatic heterocycles. The fourth-order valence-electron chi connectivity index (χ4n) is 1.46. The van der Waals surface area contributed by atoms with Crippen LogP contribution in [-0.4, -0.2) is 16.8 Å². The highest BCUT2D eigenvalue weighted by atomic mass is 35.7. The standard InChI is InChI=1S/2C7H4ClNO2S/c8-12(10,11)7-3-1-6(5-9)2-4-7;8-12(10,11)7-4-2-1-3-6(7)5-9/h2*1-4H. The average Bonchev–Trinajstić information content (AvgIpc) is 2.54. The molecule has 0 aromatic heterocycles. The van der Waals surface area contributed by atoms with Crippen LogP contribution in [-0.2, 0) is 18.1 Å².